The van der Waals surface area contributed by atoms with Gasteiger partial charge in [0, 0.05) is 25.4 Å². The topological polar surface area (TPSA) is 96.4 Å². The second-order valence-corrected chi connectivity index (χ2v) is 11.6. The fourth-order valence-corrected chi connectivity index (χ4v) is 7.29. The number of para-hydroxylation sites is 1. The number of unbranched alkanes of at least 4 members (excludes halogenated alkanes) is 3. The highest BCUT2D eigenvalue weighted by molar-refractivity contribution is 6.06. The summed E-state index contributed by atoms with van der Waals surface area (Å²) in [5.74, 6) is -2.54. The van der Waals surface area contributed by atoms with Gasteiger partial charge in [0.05, 0.1) is 12.5 Å². The number of amides is 2. The summed E-state index contributed by atoms with van der Waals surface area (Å²) in [6, 6.07) is 5.06. The van der Waals surface area contributed by atoms with Gasteiger partial charge in [0.15, 0.2) is 0 Å². The molecule has 1 spiro atoms. The van der Waals surface area contributed by atoms with E-state index in [2.05, 4.69) is 0 Å². The van der Waals surface area contributed by atoms with E-state index in [1.54, 1.807) is 9.80 Å². The van der Waals surface area contributed by atoms with Crippen LogP contribution < -0.4 is 4.90 Å². The number of aliphatic hydroxyl groups is 1. The summed E-state index contributed by atoms with van der Waals surface area (Å²) in [5, 5.41) is 9.19. The Hall–Kier alpha value is -2.97. The summed E-state index contributed by atoms with van der Waals surface area (Å²) in [4.78, 5) is 46.2. The van der Waals surface area contributed by atoms with Gasteiger partial charge >= 0.3 is 5.97 Å². The van der Waals surface area contributed by atoms with E-state index in [0.717, 1.165) is 36.1 Å². The van der Waals surface area contributed by atoms with Gasteiger partial charge in [-0.3, -0.25) is 14.4 Å². The van der Waals surface area contributed by atoms with Crippen molar-refractivity contribution in [3.05, 3.63) is 53.6 Å². The van der Waals surface area contributed by atoms with E-state index in [9.17, 15) is 19.5 Å². The van der Waals surface area contributed by atoms with Crippen LogP contribution in [0.3, 0.4) is 0 Å². The molecule has 0 aliphatic carbocycles. The lowest BCUT2D eigenvalue weighted by Crippen LogP contribution is -2.56. The highest BCUT2D eigenvalue weighted by atomic mass is 16.6. The number of anilines is 1. The Kier molecular flexibility index (Phi) is 8.20. The molecule has 5 rings (SSSR count). The zero-order valence-corrected chi connectivity index (χ0v) is 23.9. The van der Waals surface area contributed by atoms with Crippen LogP contribution in [0.25, 0.3) is 0 Å². The molecule has 0 radical (unpaired) electrons. The zero-order valence-electron chi connectivity index (χ0n) is 23.9. The van der Waals surface area contributed by atoms with Crippen LogP contribution in [-0.2, 0) is 23.9 Å². The molecule has 8 nitrogen and oxygen atoms in total. The van der Waals surface area contributed by atoms with Gasteiger partial charge in [-0.2, -0.15) is 0 Å². The van der Waals surface area contributed by atoms with E-state index in [-0.39, 0.29) is 18.4 Å². The quantitative estimate of drug-likeness (QED) is 0.299. The Bertz CT molecular complexity index is 1190. The van der Waals surface area contributed by atoms with Gasteiger partial charge in [-0.15, -0.1) is 0 Å². The predicted octanol–water partition coefficient (Wildman–Crippen LogP) is 4.01. The van der Waals surface area contributed by atoms with Crippen molar-refractivity contribution in [2.45, 2.75) is 83.0 Å². The van der Waals surface area contributed by atoms with Crippen molar-refractivity contribution in [1.29, 1.82) is 0 Å². The van der Waals surface area contributed by atoms with Crippen molar-refractivity contribution < 1.29 is 29.0 Å². The molecule has 5 atom stereocenters. The molecule has 2 fully saturated rings. The molecule has 0 saturated carbocycles. The van der Waals surface area contributed by atoms with Gasteiger partial charge in [0.1, 0.15) is 23.2 Å². The lowest BCUT2D eigenvalue weighted by Gasteiger charge is -2.38. The monoisotopic (exact) mass is 550 g/mol. The summed E-state index contributed by atoms with van der Waals surface area (Å²) in [6.45, 7) is 7.10. The van der Waals surface area contributed by atoms with Crippen LogP contribution in [0.4, 0.5) is 5.69 Å². The maximum Gasteiger partial charge on any atom is 0.313 e. The minimum Gasteiger partial charge on any atom is -0.465 e. The molecule has 0 aromatic heterocycles. The van der Waals surface area contributed by atoms with Crippen LogP contribution in [-0.4, -0.2) is 71.3 Å². The van der Waals surface area contributed by atoms with Gasteiger partial charge in [0.2, 0.25) is 5.91 Å². The molecule has 1 unspecified atom stereocenters. The Balaban J connectivity index is 1.62. The number of hydrogen-bond acceptors (Lipinski definition) is 6. The van der Waals surface area contributed by atoms with E-state index in [1.165, 1.54) is 0 Å². The summed E-state index contributed by atoms with van der Waals surface area (Å²) in [6.07, 6.45) is 12.8. The Morgan fingerprint density at radius 3 is 2.45 bits per heavy atom. The zero-order chi connectivity index (χ0) is 28.5. The maximum absolute atomic E-state index is 14.7. The van der Waals surface area contributed by atoms with Crippen molar-refractivity contribution in [1.82, 2.24) is 4.90 Å². The van der Waals surface area contributed by atoms with E-state index < -0.39 is 35.0 Å². The number of aryl methyl sites for hydroxylation is 2. The average Bonchev–Trinajstić information content (AvgIpc) is 3.31. The number of likely N-dealkylation sites (tertiary alicyclic amines) is 1. The highest BCUT2D eigenvalue weighted by Gasteiger charge is 2.75. The average molecular weight is 551 g/mol. The van der Waals surface area contributed by atoms with Crippen LogP contribution in [0.2, 0.25) is 0 Å². The summed E-state index contributed by atoms with van der Waals surface area (Å²) in [5.41, 5.74) is 0.490. The summed E-state index contributed by atoms with van der Waals surface area (Å²) < 4.78 is 12.7. The first-order valence-corrected chi connectivity index (χ1v) is 14.8. The van der Waals surface area contributed by atoms with Gasteiger partial charge in [0.25, 0.3) is 5.91 Å². The Morgan fingerprint density at radius 2 is 1.73 bits per heavy atom. The van der Waals surface area contributed by atoms with Gasteiger partial charge in [-0.25, -0.2) is 0 Å². The normalized spacial score (nSPS) is 32.5. The van der Waals surface area contributed by atoms with Crippen LogP contribution in [0.15, 0.2) is 42.5 Å². The number of aliphatic hydroxyl groups excluding tert-OH is 1. The van der Waals surface area contributed by atoms with Gasteiger partial charge in [-0.1, -0.05) is 62.3 Å². The third-order valence-corrected chi connectivity index (χ3v) is 9.15. The molecule has 1 aromatic rings. The molecule has 40 heavy (non-hydrogen) atoms. The number of benzene rings is 1. The number of cyclic esters (lactones) is 1. The second kappa shape index (κ2) is 11.5. The molecule has 2 amide bonds. The van der Waals surface area contributed by atoms with Crippen LogP contribution in [0.1, 0.15) is 63.0 Å². The minimum atomic E-state index is -1.28. The molecule has 1 N–H and O–H groups in total. The number of fused-ring (bicyclic) bond motifs is 2. The number of hydrogen-bond donors (Lipinski definition) is 1. The third kappa shape index (κ3) is 4.59. The number of carbonyl (C=O) groups excluding carboxylic acids is 3. The minimum absolute atomic E-state index is 0.134. The van der Waals surface area contributed by atoms with Crippen LogP contribution in [0.5, 0.6) is 0 Å². The molecular formula is C32H42N2O6. The number of allylic oxidation sites excluding steroid dienone is 1. The fraction of sp³-hybridized carbons (Fsp3) is 0.594. The Morgan fingerprint density at radius 1 is 0.975 bits per heavy atom. The lowest BCUT2D eigenvalue weighted by atomic mass is 9.73. The predicted molar refractivity (Wildman–Crippen MR) is 152 cm³/mol. The molecule has 0 bridgehead atoms. The molecule has 4 aliphatic rings. The van der Waals surface area contributed by atoms with Crippen LogP contribution >= 0.6 is 0 Å². The first kappa shape index (κ1) is 28.6. The van der Waals surface area contributed by atoms with Gasteiger partial charge < -0.3 is 24.4 Å². The molecule has 4 heterocycles. The maximum atomic E-state index is 14.7. The van der Waals surface area contributed by atoms with E-state index in [1.807, 2.05) is 63.3 Å². The van der Waals surface area contributed by atoms with Gasteiger partial charge in [-0.05, 0) is 57.1 Å². The van der Waals surface area contributed by atoms with Crippen molar-refractivity contribution in [3.8, 4) is 0 Å². The largest absolute Gasteiger partial charge is 0.465 e. The SMILES string of the molecule is CC[C@@]12/C=C\CCCOC(=O)[C@@H]1[C@H]1C(=O)N(CCCCCCO)C3C(=O)N(c4c(C)cccc4C)CC=C[C@@]31O2. The molecule has 1 aromatic carbocycles. The number of carbonyl (C=O) groups is 3. The third-order valence-electron chi connectivity index (χ3n) is 9.15. The molecule has 2 saturated heterocycles. The summed E-state index contributed by atoms with van der Waals surface area (Å²) >= 11 is 0. The smallest absolute Gasteiger partial charge is 0.313 e. The molecular weight excluding hydrogens is 508 g/mol. The van der Waals surface area contributed by atoms with Crippen molar-refractivity contribution in [2.24, 2.45) is 11.8 Å². The van der Waals surface area contributed by atoms with Crippen molar-refractivity contribution >= 4 is 23.5 Å². The number of esters is 1. The number of rotatable bonds is 8. The number of ether oxygens (including phenoxy) is 2. The molecule has 216 valence electrons. The lowest BCUT2D eigenvalue weighted by molar-refractivity contribution is -0.159. The fourth-order valence-electron chi connectivity index (χ4n) is 7.29. The summed E-state index contributed by atoms with van der Waals surface area (Å²) in [7, 11) is 0. The first-order valence-electron chi connectivity index (χ1n) is 14.8. The molecule has 4 aliphatic heterocycles. The highest BCUT2D eigenvalue weighted by Crippen LogP contribution is 2.58. The second-order valence-electron chi connectivity index (χ2n) is 11.6. The van der Waals surface area contributed by atoms with Crippen molar-refractivity contribution in [3.63, 3.8) is 0 Å². The van der Waals surface area contributed by atoms with E-state index >= 15 is 0 Å². The van der Waals surface area contributed by atoms with E-state index in [4.69, 9.17) is 9.47 Å². The molecule has 8 heteroatoms. The van der Waals surface area contributed by atoms with Crippen molar-refractivity contribution in [2.75, 3.05) is 31.2 Å². The standard InChI is InChI=1S/C32H42N2O6/c1-4-31-16-8-7-11-21-39-30(38)25(31)24-28(36)34(18-9-5-6-10-20-35)27-29(37)33(19-13-17-32(24,27)40-31)26-22(2)14-12-15-23(26)3/h8,12-17,24-25,27,35H,4-7,9-11,18-21H2,1-3H3/b16-8-/t24-,25-,27?,31+,32-/m0/s1. The van der Waals surface area contributed by atoms with E-state index in [0.29, 0.717) is 45.4 Å². The number of nitrogens with zero attached hydrogens (tertiary/aromatic N) is 2. The Labute approximate surface area is 237 Å². The van der Waals surface area contributed by atoms with Crippen LogP contribution in [0, 0.1) is 25.7 Å². The first-order chi connectivity index (χ1) is 19.3.